The van der Waals surface area contributed by atoms with Crippen LogP contribution >= 0.6 is 30.5 Å². The summed E-state index contributed by atoms with van der Waals surface area (Å²) in [6, 6.07) is 4.85. The highest BCUT2D eigenvalue weighted by atomic mass is 127. The van der Waals surface area contributed by atoms with Crippen molar-refractivity contribution < 1.29 is 9.47 Å². The molecule has 2 saturated carbocycles. The zero-order chi connectivity index (χ0) is 24.4. The Labute approximate surface area is 222 Å². The van der Waals surface area contributed by atoms with E-state index in [9.17, 15) is 0 Å². The molecule has 2 aliphatic rings. The molecule has 0 aromatic heterocycles. The van der Waals surface area contributed by atoms with Gasteiger partial charge in [0.25, 0.3) is 0 Å². The quantitative estimate of drug-likeness (QED) is 0.246. The van der Waals surface area contributed by atoms with Gasteiger partial charge < -0.3 is 9.47 Å². The minimum absolute atomic E-state index is 0.232. The summed E-state index contributed by atoms with van der Waals surface area (Å²) >= 11 is 2.56. The normalized spacial score (nSPS) is 17.9. The lowest BCUT2D eigenvalue weighted by Gasteiger charge is -2.40. The third-order valence-corrected chi connectivity index (χ3v) is 12.6. The van der Waals surface area contributed by atoms with Crippen molar-refractivity contribution in [1.82, 2.24) is 0 Å². The summed E-state index contributed by atoms with van der Waals surface area (Å²) in [6.45, 7) is 8.96. The van der Waals surface area contributed by atoms with E-state index >= 15 is 0 Å². The summed E-state index contributed by atoms with van der Waals surface area (Å²) < 4.78 is 13.2. The van der Waals surface area contributed by atoms with Crippen LogP contribution in [0.1, 0.15) is 86.5 Å². The van der Waals surface area contributed by atoms with Gasteiger partial charge in [-0.3, -0.25) is 0 Å². The standard InChI is InChI=1S/C30H42IO2P/c1-19-17-25(31)27(21(3)29(19)32-5)28-22(4)30(33-6)20(2)18-26(28)34(23-13-9-7-10-14-23)24-15-11-8-12-16-24/h17-18,23-24H,7-16H2,1-6H3. The Balaban J connectivity index is 2.01. The maximum Gasteiger partial charge on any atom is 0.125 e. The molecular weight excluding hydrogens is 550 g/mol. The van der Waals surface area contributed by atoms with Gasteiger partial charge in [-0.2, -0.15) is 0 Å². The molecule has 0 atom stereocenters. The lowest BCUT2D eigenvalue weighted by molar-refractivity contribution is 0.408. The number of hydrogen-bond acceptors (Lipinski definition) is 2. The van der Waals surface area contributed by atoms with Crippen molar-refractivity contribution >= 4 is 35.8 Å². The molecule has 2 fully saturated rings. The zero-order valence-electron chi connectivity index (χ0n) is 22.0. The molecular formula is C30H42IO2P. The van der Waals surface area contributed by atoms with Crippen LogP contribution in [0.3, 0.4) is 0 Å². The molecule has 2 nitrogen and oxygen atoms in total. The number of benzene rings is 2. The molecule has 2 aliphatic carbocycles. The molecule has 0 bridgehead atoms. The van der Waals surface area contributed by atoms with Gasteiger partial charge in [-0.15, -0.1) is 0 Å². The molecule has 186 valence electrons. The fourth-order valence-corrected chi connectivity index (χ4v) is 12.0. The van der Waals surface area contributed by atoms with E-state index in [1.807, 2.05) is 14.2 Å². The highest BCUT2D eigenvalue weighted by Gasteiger charge is 2.35. The minimum atomic E-state index is -0.232. The van der Waals surface area contributed by atoms with Gasteiger partial charge in [-0.05, 0) is 127 Å². The molecule has 0 N–H and O–H groups in total. The Kier molecular flexibility index (Phi) is 8.89. The van der Waals surface area contributed by atoms with Crippen LogP contribution < -0.4 is 14.8 Å². The molecule has 0 unspecified atom stereocenters. The second-order valence-corrected chi connectivity index (χ2v) is 14.4. The van der Waals surface area contributed by atoms with Crippen LogP contribution in [0.25, 0.3) is 11.1 Å². The fourth-order valence-electron chi connectivity index (χ4n) is 6.72. The van der Waals surface area contributed by atoms with E-state index in [-0.39, 0.29) is 7.92 Å². The van der Waals surface area contributed by atoms with Gasteiger partial charge in [0.15, 0.2) is 0 Å². The fraction of sp³-hybridized carbons (Fsp3) is 0.600. The highest BCUT2D eigenvalue weighted by molar-refractivity contribution is 14.1. The smallest absolute Gasteiger partial charge is 0.125 e. The Hall–Kier alpha value is -0.800. The molecule has 0 radical (unpaired) electrons. The van der Waals surface area contributed by atoms with E-state index < -0.39 is 0 Å². The highest BCUT2D eigenvalue weighted by Crippen LogP contribution is 2.57. The Bertz CT molecular complexity index is 1000. The van der Waals surface area contributed by atoms with Gasteiger partial charge in [0, 0.05) is 14.7 Å². The molecule has 2 aromatic carbocycles. The topological polar surface area (TPSA) is 18.5 Å². The number of rotatable bonds is 6. The molecule has 0 heterocycles. The number of aryl methyl sites for hydroxylation is 2. The van der Waals surface area contributed by atoms with Crippen LogP contribution in [0.5, 0.6) is 11.5 Å². The van der Waals surface area contributed by atoms with Gasteiger partial charge in [0.1, 0.15) is 11.5 Å². The summed E-state index contributed by atoms with van der Waals surface area (Å²) in [5, 5.41) is 1.65. The van der Waals surface area contributed by atoms with Crippen molar-refractivity contribution in [2.24, 2.45) is 0 Å². The molecule has 0 saturated heterocycles. The molecule has 4 rings (SSSR count). The maximum absolute atomic E-state index is 6.00. The third kappa shape index (κ3) is 5.03. The number of methoxy groups -OCH3 is 2. The molecule has 0 aliphatic heterocycles. The van der Waals surface area contributed by atoms with Crippen LogP contribution in [0.15, 0.2) is 12.1 Å². The number of hydrogen-bond donors (Lipinski definition) is 0. The first-order valence-electron chi connectivity index (χ1n) is 13.2. The summed E-state index contributed by atoms with van der Waals surface area (Å²) in [5.74, 6) is 2.08. The van der Waals surface area contributed by atoms with Gasteiger partial charge in [-0.1, -0.05) is 46.4 Å². The van der Waals surface area contributed by atoms with Crippen molar-refractivity contribution in [1.29, 1.82) is 0 Å². The van der Waals surface area contributed by atoms with Crippen molar-refractivity contribution in [3.05, 3.63) is 38.0 Å². The van der Waals surface area contributed by atoms with Crippen molar-refractivity contribution in [3.63, 3.8) is 0 Å². The van der Waals surface area contributed by atoms with Crippen molar-refractivity contribution in [2.75, 3.05) is 14.2 Å². The van der Waals surface area contributed by atoms with Crippen molar-refractivity contribution in [3.8, 4) is 22.6 Å². The lowest BCUT2D eigenvalue weighted by Crippen LogP contribution is -2.28. The van der Waals surface area contributed by atoms with E-state index in [1.165, 1.54) is 101 Å². The first kappa shape index (κ1) is 26.3. The predicted octanol–water partition coefficient (Wildman–Crippen LogP) is 8.98. The Morgan fingerprint density at radius 2 is 1.12 bits per heavy atom. The molecule has 4 heteroatoms. The van der Waals surface area contributed by atoms with E-state index in [0.717, 1.165) is 22.8 Å². The first-order valence-corrected chi connectivity index (χ1v) is 15.8. The largest absolute Gasteiger partial charge is 0.496 e. The van der Waals surface area contributed by atoms with Crippen LogP contribution in [-0.2, 0) is 0 Å². The van der Waals surface area contributed by atoms with Gasteiger partial charge in [0.05, 0.1) is 14.2 Å². The zero-order valence-corrected chi connectivity index (χ0v) is 25.1. The van der Waals surface area contributed by atoms with Gasteiger partial charge in [-0.25, -0.2) is 0 Å². The average Bonchev–Trinajstić information content (AvgIpc) is 2.82. The average molecular weight is 593 g/mol. The molecule has 0 amide bonds. The summed E-state index contributed by atoms with van der Waals surface area (Å²) in [6.07, 6.45) is 14.1. The molecule has 34 heavy (non-hydrogen) atoms. The Morgan fingerprint density at radius 3 is 1.59 bits per heavy atom. The summed E-state index contributed by atoms with van der Waals surface area (Å²) in [7, 11) is 3.41. The second kappa shape index (κ2) is 11.5. The minimum Gasteiger partial charge on any atom is -0.496 e. The van der Waals surface area contributed by atoms with Crippen LogP contribution in [-0.4, -0.2) is 25.5 Å². The van der Waals surface area contributed by atoms with E-state index in [0.29, 0.717) is 0 Å². The van der Waals surface area contributed by atoms with Gasteiger partial charge >= 0.3 is 0 Å². The SMILES string of the molecule is COc1c(C)cc(I)c(-c2c(P(C3CCCCC3)C3CCCCC3)cc(C)c(OC)c2C)c1C. The van der Waals surface area contributed by atoms with E-state index in [1.54, 1.807) is 5.30 Å². The van der Waals surface area contributed by atoms with Crippen LogP contribution in [0.4, 0.5) is 0 Å². The van der Waals surface area contributed by atoms with Crippen molar-refractivity contribution in [2.45, 2.75) is 103 Å². The number of halogens is 1. The van der Waals surface area contributed by atoms with E-state index in [4.69, 9.17) is 9.47 Å². The number of ether oxygens (including phenoxy) is 2. The van der Waals surface area contributed by atoms with Gasteiger partial charge in [0.2, 0.25) is 0 Å². The molecule has 0 spiro atoms. The first-order chi connectivity index (χ1) is 16.4. The summed E-state index contributed by atoms with van der Waals surface area (Å²) in [5.41, 5.74) is 9.63. The van der Waals surface area contributed by atoms with Crippen LogP contribution in [0.2, 0.25) is 0 Å². The van der Waals surface area contributed by atoms with Crippen LogP contribution in [0, 0.1) is 31.3 Å². The maximum atomic E-state index is 6.00. The predicted molar refractivity (Wildman–Crippen MR) is 157 cm³/mol. The molecule has 2 aromatic rings. The Morgan fingerprint density at radius 1 is 0.676 bits per heavy atom. The van der Waals surface area contributed by atoms with E-state index in [2.05, 4.69) is 62.4 Å². The monoisotopic (exact) mass is 592 g/mol. The lowest BCUT2D eigenvalue weighted by atomic mass is 9.92. The third-order valence-electron chi connectivity index (χ3n) is 8.21. The second-order valence-electron chi connectivity index (χ2n) is 10.4. The summed E-state index contributed by atoms with van der Waals surface area (Å²) in [4.78, 5) is 0.